The van der Waals surface area contributed by atoms with Crippen LogP contribution in [0, 0.1) is 0 Å². The predicted octanol–water partition coefficient (Wildman–Crippen LogP) is 0.0498. The van der Waals surface area contributed by atoms with E-state index in [1.807, 2.05) is 0 Å². The first-order valence-corrected chi connectivity index (χ1v) is 1.95. The van der Waals surface area contributed by atoms with Gasteiger partial charge in [0.25, 0.3) is 0 Å². The third-order valence-electron chi connectivity index (χ3n) is 0.340. The minimum atomic E-state index is -0.975. The van der Waals surface area contributed by atoms with Crippen LogP contribution in [0.4, 0.5) is 0 Å². The Bertz CT molecular complexity index is 64.0. The molecule has 0 bridgehead atoms. The van der Waals surface area contributed by atoms with E-state index in [1.165, 1.54) is 6.92 Å². The number of carbonyl (C=O) groups is 1. The summed E-state index contributed by atoms with van der Waals surface area (Å²) >= 11 is 5.01. The number of aliphatic carboxylic acids is 1. The molecule has 0 radical (unpaired) electrons. The molecule has 1 unspecified atom stereocenters. The average molecular weight is 133 g/mol. The zero-order valence-electron chi connectivity index (χ0n) is 3.31. The summed E-state index contributed by atoms with van der Waals surface area (Å²) in [5.41, 5.74) is 0. The molecule has 0 fully saturated rings. The van der Waals surface area contributed by atoms with Crippen molar-refractivity contribution in [2.24, 2.45) is 0 Å². The summed E-state index contributed by atoms with van der Waals surface area (Å²) in [5, 5.41) is 7.10. The number of alkyl halides is 1. The zero-order chi connectivity index (χ0) is 5.15. The first kappa shape index (κ1) is 10.7. The van der Waals surface area contributed by atoms with Gasteiger partial charge in [0, 0.05) is 0 Å². The predicted molar refractivity (Wildman–Crippen MR) is 30.1 cm³/mol. The van der Waals surface area contributed by atoms with E-state index >= 15 is 0 Å². The van der Waals surface area contributed by atoms with E-state index in [4.69, 9.17) is 16.7 Å². The first-order chi connectivity index (χ1) is 2.64. The first-order valence-electron chi connectivity index (χ1n) is 1.51. The van der Waals surface area contributed by atoms with Crippen molar-refractivity contribution in [1.29, 1.82) is 0 Å². The second-order valence-electron chi connectivity index (χ2n) is 0.954. The fourth-order valence-corrected chi connectivity index (χ4v) is 0. The summed E-state index contributed by atoms with van der Waals surface area (Å²) in [6.45, 7) is 1.41. The van der Waals surface area contributed by atoms with Crippen LogP contribution in [0.15, 0.2) is 0 Å². The van der Waals surface area contributed by atoms with Crippen LogP contribution in [-0.2, 0) is 4.79 Å². The molecule has 0 saturated heterocycles. The van der Waals surface area contributed by atoms with Gasteiger partial charge in [-0.25, -0.2) is 0 Å². The molecule has 0 rings (SSSR count). The van der Waals surface area contributed by atoms with Crippen LogP contribution in [0.1, 0.15) is 6.92 Å². The molecule has 0 aromatic rings. The topological polar surface area (TPSA) is 37.3 Å². The molecular weight excluding hydrogens is 126 g/mol. The molecule has 0 aliphatic carbocycles. The number of hydrogen-bond donors (Lipinski definition) is 1. The molecule has 0 aromatic carbocycles. The molecule has 0 amide bonds. The molecule has 7 heavy (non-hydrogen) atoms. The Morgan fingerprint density at radius 1 is 1.86 bits per heavy atom. The van der Waals surface area contributed by atoms with Crippen molar-refractivity contribution in [3.05, 3.63) is 0 Å². The molecule has 0 saturated carbocycles. The van der Waals surface area contributed by atoms with E-state index in [2.05, 4.69) is 0 Å². The van der Waals surface area contributed by atoms with Crippen LogP contribution in [0.25, 0.3) is 0 Å². The molecule has 0 aromatic heterocycles. The van der Waals surface area contributed by atoms with Crippen LogP contribution in [-0.4, -0.2) is 46.0 Å². The van der Waals surface area contributed by atoms with Crippen LogP contribution >= 0.6 is 11.6 Å². The summed E-state index contributed by atoms with van der Waals surface area (Å²) in [6, 6.07) is 0. The summed E-state index contributed by atoms with van der Waals surface area (Å²) in [4.78, 5) is 9.57. The van der Waals surface area contributed by atoms with Gasteiger partial charge in [-0.3, -0.25) is 4.79 Å². The fraction of sp³-hybridized carbons (Fsp3) is 0.667. The van der Waals surface area contributed by atoms with E-state index in [0.717, 1.165) is 0 Å². The molecule has 2 nitrogen and oxygen atoms in total. The third-order valence-corrected chi connectivity index (χ3v) is 0.527. The van der Waals surface area contributed by atoms with Crippen LogP contribution in [0.5, 0.6) is 0 Å². The average Bonchev–Trinajstić information content (AvgIpc) is 1.36. The minimum absolute atomic E-state index is 0. The van der Waals surface area contributed by atoms with Crippen molar-refractivity contribution >= 4 is 47.1 Å². The maximum atomic E-state index is 9.57. The number of hydrogen-bond acceptors (Lipinski definition) is 1. The third kappa shape index (κ3) is 6.76. The summed E-state index contributed by atoms with van der Waals surface area (Å²) < 4.78 is 0. The second kappa shape index (κ2) is 4.91. The van der Waals surface area contributed by atoms with E-state index in [-0.39, 0.29) is 29.6 Å². The Hall–Kier alpha value is 0.760. The number of carboxylic acid groups (broad SMARTS) is 1. The molecule has 0 spiro atoms. The second-order valence-corrected chi connectivity index (χ2v) is 1.61. The normalized spacial score (nSPS) is 11.7. The van der Waals surface area contributed by atoms with Gasteiger partial charge in [-0.15, -0.1) is 11.6 Å². The number of halogens is 1. The van der Waals surface area contributed by atoms with Crippen LogP contribution in [0.3, 0.4) is 0 Å². The van der Waals surface area contributed by atoms with Gasteiger partial charge in [0.1, 0.15) is 5.38 Å². The Labute approximate surface area is 69.1 Å². The summed E-state index contributed by atoms with van der Waals surface area (Å²) in [5.74, 6) is -0.975. The molecule has 4 heteroatoms. The van der Waals surface area contributed by atoms with Gasteiger partial charge in [-0.05, 0) is 6.92 Å². The van der Waals surface area contributed by atoms with Gasteiger partial charge in [-0.1, -0.05) is 0 Å². The molecule has 0 heterocycles. The molecule has 0 aliphatic heterocycles. The number of rotatable bonds is 1. The van der Waals surface area contributed by atoms with Gasteiger partial charge in [0.2, 0.25) is 0 Å². The molecular formula is C3H6ClNaO2. The summed E-state index contributed by atoms with van der Waals surface area (Å²) in [6.07, 6.45) is 0. The number of carboxylic acids is 1. The zero-order valence-corrected chi connectivity index (χ0v) is 4.07. The Kier molecular flexibility index (Phi) is 7.49. The van der Waals surface area contributed by atoms with E-state index in [9.17, 15) is 4.79 Å². The quantitative estimate of drug-likeness (QED) is 0.404. The SMILES string of the molecule is CC(Cl)C(=O)O.[NaH]. The van der Waals surface area contributed by atoms with Crippen LogP contribution in [0.2, 0.25) is 0 Å². The Morgan fingerprint density at radius 2 is 2.00 bits per heavy atom. The van der Waals surface area contributed by atoms with Gasteiger partial charge in [-0.2, -0.15) is 0 Å². The van der Waals surface area contributed by atoms with Crippen molar-refractivity contribution in [3.8, 4) is 0 Å². The van der Waals surface area contributed by atoms with Gasteiger partial charge in [0.05, 0.1) is 0 Å². The van der Waals surface area contributed by atoms with E-state index < -0.39 is 11.3 Å². The van der Waals surface area contributed by atoms with Crippen molar-refractivity contribution in [1.82, 2.24) is 0 Å². The Morgan fingerprint density at radius 3 is 2.00 bits per heavy atom. The molecule has 1 N–H and O–H groups in total. The Balaban J connectivity index is 0. The van der Waals surface area contributed by atoms with Gasteiger partial charge < -0.3 is 5.11 Å². The molecule has 1 atom stereocenters. The van der Waals surface area contributed by atoms with Gasteiger partial charge >= 0.3 is 35.5 Å². The van der Waals surface area contributed by atoms with E-state index in [0.29, 0.717) is 0 Å². The standard InChI is InChI=1S/C3H5ClO2.Na.H/c1-2(4)3(5)6;;/h2H,1H3,(H,5,6);;. The molecule has 38 valence electrons. The summed E-state index contributed by atoms with van der Waals surface area (Å²) in [7, 11) is 0. The van der Waals surface area contributed by atoms with Crippen molar-refractivity contribution in [2.45, 2.75) is 12.3 Å². The molecule has 0 aliphatic rings. The van der Waals surface area contributed by atoms with Crippen molar-refractivity contribution in [2.75, 3.05) is 0 Å². The van der Waals surface area contributed by atoms with Crippen molar-refractivity contribution in [3.63, 3.8) is 0 Å². The van der Waals surface area contributed by atoms with E-state index in [1.54, 1.807) is 0 Å². The fourth-order valence-electron chi connectivity index (χ4n) is 0. The van der Waals surface area contributed by atoms with Gasteiger partial charge in [0.15, 0.2) is 0 Å². The van der Waals surface area contributed by atoms with Crippen molar-refractivity contribution < 1.29 is 9.90 Å². The monoisotopic (exact) mass is 132 g/mol. The maximum absolute atomic E-state index is 9.57. The van der Waals surface area contributed by atoms with Crippen LogP contribution < -0.4 is 0 Å².